The van der Waals surface area contributed by atoms with E-state index in [0.717, 1.165) is 10.9 Å². The molecule has 1 aromatic carbocycles. The Balaban J connectivity index is 2.25. The van der Waals surface area contributed by atoms with Gasteiger partial charge in [0.1, 0.15) is 6.33 Å². The van der Waals surface area contributed by atoms with Crippen LogP contribution >= 0.6 is 0 Å². The molecule has 0 fully saturated rings. The molecule has 98 valence electrons. The number of nitrogens with two attached hydrogens (primary N) is 1. The van der Waals surface area contributed by atoms with E-state index >= 15 is 0 Å². The summed E-state index contributed by atoms with van der Waals surface area (Å²) in [5.41, 5.74) is 6.90. The Morgan fingerprint density at radius 1 is 1.15 bits per heavy atom. The number of rotatable bonds is 2. The molecule has 2 aromatic heterocycles. The summed E-state index contributed by atoms with van der Waals surface area (Å²) < 4.78 is 0. The number of hydrogen-bond acceptors (Lipinski definition) is 6. The Morgan fingerprint density at radius 3 is 2.80 bits per heavy atom. The van der Waals surface area contributed by atoms with E-state index in [0.29, 0.717) is 5.56 Å². The lowest BCUT2D eigenvalue weighted by Gasteiger charge is -2.04. The van der Waals surface area contributed by atoms with Crippen LogP contribution in [0.5, 0.6) is 0 Å². The molecule has 0 bridgehead atoms. The highest BCUT2D eigenvalue weighted by molar-refractivity contribution is 5.86. The van der Waals surface area contributed by atoms with Crippen molar-refractivity contribution in [3.63, 3.8) is 0 Å². The quantitative estimate of drug-likeness (QED) is 0.563. The number of anilines is 1. The maximum absolute atomic E-state index is 11.1. The molecule has 0 spiro atoms. The van der Waals surface area contributed by atoms with Gasteiger partial charge in [0.25, 0.3) is 0 Å². The van der Waals surface area contributed by atoms with Crippen molar-refractivity contribution in [2.45, 2.75) is 0 Å². The summed E-state index contributed by atoms with van der Waals surface area (Å²) in [4.78, 5) is 22.4. The zero-order valence-electron chi connectivity index (χ0n) is 10.2. The first-order chi connectivity index (χ1) is 9.66. The monoisotopic (exact) mass is 267 g/mol. The number of nitrogens with zero attached hydrogens (tertiary/aromatic N) is 4. The Morgan fingerprint density at radius 2 is 2.00 bits per heavy atom. The molecule has 7 heteroatoms. The van der Waals surface area contributed by atoms with Gasteiger partial charge in [-0.2, -0.15) is 0 Å². The van der Waals surface area contributed by atoms with E-state index < -0.39 is 4.92 Å². The van der Waals surface area contributed by atoms with Crippen LogP contribution in [0, 0.1) is 10.1 Å². The van der Waals surface area contributed by atoms with Crippen molar-refractivity contribution in [2.75, 3.05) is 5.73 Å². The normalized spacial score (nSPS) is 10.6. The van der Waals surface area contributed by atoms with Gasteiger partial charge in [-0.25, -0.2) is 9.97 Å². The molecular formula is C13H9N5O2. The number of hydrogen-bond donors (Lipinski definition) is 1. The van der Waals surface area contributed by atoms with E-state index in [9.17, 15) is 10.1 Å². The lowest BCUT2D eigenvalue weighted by Crippen LogP contribution is -2.02. The van der Waals surface area contributed by atoms with Crippen molar-refractivity contribution in [1.82, 2.24) is 15.0 Å². The second-order valence-corrected chi connectivity index (χ2v) is 4.12. The number of fused-ring (bicyclic) bond motifs is 1. The minimum atomic E-state index is -0.571. The molecule has 0 aliphatic rings. The molecule has 0 amide bonds. The highest BCUT2D eigenvalue weighted by Crippen LogP contribution is 2.32. The number of aromatic nitrogens is 3. The summed E-state index contributed by atoms with van der Waals surface area (Å²) >= 11 is 0. The first kappa shape index (κ1) is 12.0. The Labute approximate surface area is 113 Å². The van der Waals surface area contributed by atoms with Crippen LogP contribution in [0.15, 0.2) is 42.9 Å². The standard InChI is InChI=1S/C13H9N5O2/c14-13-12(18(19)20)11(16-7-17-13)9-3-4-10-8(6-9)2-1-5-15-10/h1-7H,(H2,14,16,17). The minimum absolute atomic E-state index is 0.147. The van der Waals surface area contributed by atoms with Gasteiger partial charge < -0.3 is 5.73 Å². The van der Waals surface area contributed by atoms with Gasteiger partial charge in [-0.15, -0.1) is 0 Å². The summed E-state index contributed by atoms with van der Waals surface area (Å²) in [6, 6.07) is 8.98. The molecule has 0 aliphatic carbocycles. The molecule has 0 saturated heterocycles. The number of nitro groups is 1. The molecule has 20 heavy (non-hydrogen) atoms. The van der Waals surface area contributed by atoms with Gasteiger partial charge in [-0.3, -0.25) is 15.1 Å². The van der Waals surface area contributed by atoms with Crippen LogP contribution in [0.4, 0.5) is 11.5 Å². The van der Waals surface area contributed by atoms with Gasteiger partial charge in [-0.05, 0) is 18.2 Å². The molecule has 2 N–H and O–H groups in total. The van der Waals surface area contributed by atoms with Crippen LogP contribution in [-0.2, 0) is 0 Å². The molecule has 0 aliphatic heterocycles. The highest BCUT2D eigenvalue weighted by atomic mass is 16.6. The number of nitrogen functional groups attached to an aromatic ring is 1. The zero-order valence-corrected chi connectivity index (χ0v) is 10.2. The van der Waals surface area contributed by atoms with E-state index in [2.05, 4.69) is 15.0 Å². The molecule has 2 heterocycles. The summed E-state index contributed by atoms with van der Waals surface area (Å²) in [6.07, 6.45) is 2.90. The first-order valence-electron chi connectivity index (χ1n) is 5.77. The lowest BCUT2D eigenvalue weighted by atomic mass is 10.1. The fourth-order valence-electron chi connectivity index (χ4n) is 2.01. The Kier molecular flexibility index (Phi) is 2.72. The van der Waals surface area contributed by atoms with Crippen molar-refractivity contribution < 1.29 is 4.92 Å². The highest BCUT2D eigenvalue weighted by Gasteiger charge is 2.22. The van der Waals surface area contributed by atoms with E-state index in [1.165, 1.54) is 6.33 Å². The summed E-state index contributed by atoms with van der Waals surface area (Å²) in [5.74, 6) is -0.147. The maximum atomic E-state index is 11.1. The van der Waals surface area contributed by atoms with Crippen LogP contribution in [0.3, 0.4) is 0 Å². The van der Waals surface area contributed by atoms with Crippen molar-refractivity contribution in [3.8, 4) is 11.3 Å². The summed E-state index contributed by atoms with van der Waals surface area (Å²) in [5, 5.41) is 12.0. The van der Waals surface area contributed by atoms with Crippen LogP contribution in [0.25, 0.3) is 22.2 Å². The average Bonchev–Trinajstić information content (AvgIpc) is 2.46. The van der Waals surface area contributed by atoms with Crippen LogP contribution in [0.2, 0.25) is 0 Å². The maximum Gasteiger partial charge on any atom is 0.337 e. The van der Waals surface area contributed by atoms with Crippen LogP contribution in [-0.4, -0.2) is 19.9 Å². The third-order valence-electron chi connectivity index (χ3n) is 2.91. The molecule has 3 aromatic rings. The van der Waals surface area contributed by atoms with Gasteiger partial charge in [-0.1, -0.05) is 12.1 Å². The SMILES string of the molecule is Nc1ncnc(-c2ccc3ncccc3c2)c1[N+](=O)[O-]. The second-order valence-electron chi connectivity index (χ2n) is 4.12. The Hall–Kier alpha value is -3.09. The van der Waals surface area contributed by atoms with Gasteiger partial charge in [0.05, 0.1) is 10.4 Å². The van der Waals surface area contributed by atoms with E-state index in [1.807, 2.05) is 6.07 Å². The molecular weight excluding hydrogens is 258 g/mol. The third kappa shape index (κ3) is 1.91. The molecule has 7 nitrogen and oxygen atoms in total. The fraction of sp³-hybridized carbons (Fsp3) is 0. The molecule has 3 rings (SSSR count). The fourth-order valence-corrected chi connectivity index (χ4v) is 2.01. The number of benzene rings is 1. The van der Waals surface area contributed by atoms with Crippen molar-refractivity contribution in [2.24, 2.45) is 0 Å². The molecule has 0 unspecified atom stereocenters. The van der Waals surface area contributed by atoms with Gasteiger partial charge in [0.2, 0.25) is 5.82 Å². The number of pyridine rings is 1. The first-order valence-corrected chi connectivity index (χ1v) is 5.77. The third-order valence-corrected chi connectivity index (χ3v) is 2.91. The predicted octanol–water partition coefficient (Wildman–Crippen LogP) is 2.18. The minimum Gasteiger partial charge on any atom is -0.378 e. The predicted molar refractivity (Wildman–Crippen MR) is 73.8 cm³/mol. The largest absolute Gasteiger partial charge is 0.378 e. The van der Waals surface area contributed by atoms with Crippen molar-refractivity contribution in [1.29, 1.82) is 0 Å². The van der Waals surface area contributed by atoms with E-state index in [4.69, 9.17) is 5.73 Å². The van der Waals surface area contributed by atoms with Gasteiger partial charge >= 0.3 is 5.69 Å². The lowest BCUT2D eigenvalue weighted by molar-refractivity contribution is -0.383. The Bertz CT molecular complexity index is 819. The smallest absolute Gasteiger partial charge is 0.337 e. The van der Waals surface area contributed by atoms with Crippen molar-refractivity contribution >= 4 is 22.4 Å². The van der Waals surface area contributed by atoms with Gasteiger partial charge in [0.15, 0.2) is 5.69 Å². The molecule has 0 radical (unpaired) electrons. The topological polar surface area (TPSA) is 108 Å². The average molecular weight is 267 g/mol. The second kappa shape index (κ2) is 4.54. The van der Waals surface area contributed by atoms with E-state index in [1.54, 1.807) is 30.5 Å². The van der Waals surface area contributed by atoms with Crippen LogP contribution in [0.1, 0.15) is 0 Å². The zero-order chi connectivity index (χ0) is 14.1. The summed E-state index contributed by atoms with van der Waals surface area (Å²) in [7, 11) is 0. The summed E-state index contributed by atoms with van der Waals surface area (Å²) in [6.45, 7) is 0. The molecule has 0 atom stereocenters. The van der Waals surface area contributed by atoms with Crippen molar-refractivity contribution in [3.05, 3.63) is 53.0 Å². The van der Waals surface area contributed by atoms with Crippen LogP contribution < -0.4 is 5.73 Å². The van der Waals surface area contributed by atoms with Gasteiger partial charge in [0, 0.05) is 17.1 Å². The van der Waals surface area contributed by atoms with E-state index in [-0.39, 0.29) is 17.2 Å². The molecule has 0 saturated carbocycles.